The Morgan fingerprint density at radius 2 is 1.90 bits per heavy atom. The number of hydrogen-bond acceptors (Lipinski definition) is 3. The van der Waals surface area contributed by atoms with Crippen LogP contribution < -0.4 is 0 Å². The molecule has 20 heavy (non-hydrogen) atoms. The predicted octanol–water partition coefficient (Wildman–Crippen LogP) is 2.14. The molecule has 0 aromatic heterocycles. The van der Waals surface area contributed by atoms with Gasteiger partial charge in [0, 0.05) is 26.7 Å². The Balaban J connectivity index is 1.80. The summed E-state index contributed by atoms with van der Waals surface area (Å²) in [5.41, 5.74) is 0.456. The van der Waals surface area contributed by atoms with E-state index in [0.717, 1.165) is 19.6 Å². The molecule has 2 rings (SSSR count). The first-order valence-corrected chi connectivity index (χ1v) is 8.10. The molecular formula is C16H30N2O2. The molecule has 1 aliphatic heterocycles. The molecule has 1 spiro atoms. The van der Waals surface area contributed by atoms with Crippen LogP contribution >= 0.6 is 0 Å². The number of nitrogens with zero attached hydrogens (tertiary/aromatic N) is 2. The van der Waals surface area contributed by atoms with Crippen molar-refractivity contribution in [3.63, 3.8) is 0 Å². The SMILES string of the molecule is COCCN(C)CC(=O)N1CCC2(CCCCCC2)C1. The highest BCUT2D eigenvalue weighted by molar-refractivity contribution is 5.78. The molecule has 4 heteroatoms. The third-order valence-corrected chi connectivity index (χ3v) is 5.04. The van der Waals surface area contributed by atoms with Crippen molar-refractivity contribution in [3.05, 3.63) is 0 Å². The molecule has 0 N–H and O–H groups in total. The van der Waals surface area contributed by atoms with Gasteiger partial charge in [-0.15, -0.1) is 0 Å². The van der Waals surface area contributed by atoms with Gasteiger partial charge in [-0.2, -0.15) is 0 Å². The van der Waals surface area contributed by atoms with Crippen LogP contribution in [0.25, 0.3) is 0 Å². The second kappa shape index (κ2) is 7.41. The number of likely N-dealkylation sites (tertiary alicyclic amines) is 1. The quantitative estimate of drug-likeness (QED) is 0.774. The summed E-state index contributed by atoms with van der Waals surface area (Å²) in [6.45, 7) is 4.01. The molecule has 0 radical (unpaired) electrons. The topological polar surface area (TPSA) is 32.8 Å². The Morgan fingerprint density at radius 1 is 1.20 bits per heavy atom. The van der Waals surface area contributed by atoms with E-state index in [1.165, 1.54) is 44.9 Å². The maximum atomic E-state index is 12.4. The van der Waals surface area contributed by atoms with Crippen molar-refractivity contribution in [1.82, 2.24) is 9.80 Å². The fourth-order valence-corrected chi connectivity index (χ4v) is 3.69. The Bertz CT molecular complexity index is 312. The number of methoxy groups -OCH3 is 1. The minimum atomic E-state index is 0.296. The second-order valence-electron chi connectivity index (χ2n) is 6.71. The molecule has 4 nitrogen and oxygen atoms in total. The van der Waals surface area contributed by atoms with Gasteiger partial charge in [-0.25, -0.2) is 0 Å². The summed E-state index contributed by atoms with van der Waals surface area (Å²) in [6, 6.07) is 0. The molecule has 2 fully saturated rings. The van der Waals surface area contributed by atoms with Gasteiger partial charge in [0.25, 0.3) is 0 Å². The van der Waals surface area contributed by atoms with Gasteiger partial charge in [0.1, 0.15) is 0 Å². The molecule has 1 saturated heterocycles. The van der Waals surface area contributed by atoms with Gasteiger partial charge in [-0.1, -0.05) is 25.7 Å². The van der Waals surface area contributed by atoms with E-state index in [4.69, 9.17) is 4.74 Å². The largest absolute Gasteiger partial charge is 0.383 e. The van der Waals surface area contributed by atoms with Gasteiger partial charge in [-0.3, -0.25) is 9.69 Å². The zero-order chi connectivity index (χ0) is 14.4. The molecule has 0 aromatic carbocycles. The summed E-state index contributed by atoms with van der Waals surface area (Å²) < 4.78 is 5.06. The van der Waals surface area contributed by atoms with Gasteiger partial charge in [-0.05, 0) is 31.7 Å². The Labute approximate surface area is 123 Å². The molecule has 0 unspecified atom stereocenters. The number of carbonyl (C=O) groups excluding carboxylic acids is 1. The van der Waals surface area contributed by atoms with Crippen LogP contribution in [0.1, 0.15) is 44.9 Å². The maximum absolute atomic E-state index is 12.4. The van der Waals surface area contributed by atoms with Crippen LogP contribution in [0.2, 0.25) is 0 Å². The van der Waals surface area contributed by atoms with Crippen LogP contribution in [0.15, 0.2) is 0 Å². The van der Waals surface area contributed by atoms with E-state index in [0.29, 0.717) is 24.5 Å². The lowest BCUT2D eigenvalue weighted by Crippen LogP contribution is -2.39. The molecule has 0 atom stereocenters. The van der Waals surface area contributed by atoms with E-state index in [1.54, 1.807) is 7.11 Å². The van der Waals surface area contributed by atoms with Gasteiger partial charge < -0.3 is 9.64 Å². The summed E-state index contributed by atoms with van der Waals surface area (Å²) in [5, 5.41) is 0. The van der Waals surface area contributed by atoms with Gasteiger partial charge in [0.05, 0.1) is 13.2 Å². The summed E-state index contributed by atoms with van der Waals surface area (Å²) in [5.74, 6) is 0.296. The van der Waals surface area contributed by atoms with E-state index in [9.17, 15) is 4.79 Å². The molecule has 0 bridgehead atoms. The third kappa shape index (κ3) is 4.19. The fraction of sp³-hybridized carbons (Fsp3) is 0.938. The summed E-state index contributed by atoms with van der Waals surface area (Å²) in [7, 11) is 3.69. The molecular weight excluding hydrogens is 252 g/mol. The molecule has 2 aliphatic rings. The van der Waals surface area contributed by atoms with Crippen molar-refractivity contribution < 1.29 is 9.53 Å². The van der Waals surface area contributed by atoms with Crippen LogP contribution in [0.4, 0.5) is 0 Å². The first kappa shape index (κ1) is 15.8. The Morgan fingerprint density at radius 3 is 2.55 bits per heavy atom. The van der Waals surface area contributed by atoms with Crippen molar-refractivity contribution in [3.8, 4) is 0 Å². The second-order valence-corrected chi connectivity index (χ2v) is 6.71. The predicted molar refractivity (Wildman–Crippen MR) is 80.7 cm³/mol. The first-order valence-electron chi connectivity index (χ1n) is 8.10. The third-order valence-electron chi connectivity index (χ3n) is 5.04. The lowest BCUT2D eigenvalue weighted by atomic mass is 9.80. The number of hydrogen-bond donors (Lipinski definition) is 0. The van der Waals surface area contributed by atoms with E-state index in [1.807, 2.05) is 7.05 Å². The van der Waals surface area contributed by atoms with Crippen molar-refractivity contribution >= 4 is 5.91 Å². The molecule has 1 heterocycles. The van der Waals surface area contributed by atoms with E-state index >= 15 is 0 Å². The van der Waals surface area contributed by atoms with Gasteiger partial charge >= 0.3 is 0 Å². The normalized spacial score (nSPS) is 22.4. The minimum absolute atomic E-state index is 0.296. The average molecular weight is 282 g/mol. The maximum Gasteiger partial charge on any atom is 0.236 e. The summed E-state index contributed by atoms with van der Waals surface area (Å²) in [4.78, 5) is 16.5. The minimum Gasteiger partial charge on any atom is -0.383 e. The van der Waals surface area contributed by atoms with Crippen molar-refractivity contribution in [2.75, 3.05) is 46.9 Å². The van der Waals surface area contributed by atoms with Crippen LogP contribution in [0, 0.1) is 5.41 Å². The van der Waals surface area contributed by atoms with Gasteiger partial charge in [0.2, 0.25) is 5.91 Å². The van der Waals surface area contributed by atoms with Crippen molar-refractivity contribution in [1.29, 1.82) is 0 Å². The highest BCUT2D eigenvalue weighted by Crippen LogP contribution is 2.42. The Kier molecular flexibility index (Phi) is 5.85. The molecule has 0 aromatic rings. The number of likely N-dealkylation sites (N-methyl/N-ethyl adjacent to an activating group) is 1. The van der Waals surface area contributed by atoms with E-state index < -0.39 is 0 Å². The lowest BCUT2D eigenvalue weighted by Gasteiger charge is -2.28. The number of amides is 1. The van der Waals surface area contributed by atoms with Gasteiger partial charge in [0.15, 0.2) is 0 Å². The van der Waals surface area contributed by atoms with Crippen LogP contribution in [-0.2, 0) is 9.53 Å². The van der Waals surface area contributed by atoms with E-state index in [-0.39, 0.29) is 0 Å². The van der Waals surface area contributed by atoms with E-state index in [2.05, 4.69) is 9.80 Å². The monoisotopic (exact) mass is 282 g/mol. The molecule has 116 valence electrons. The fourth-order valence-electron chi connectivity index (χ4n) is 3.69. The summed E-state index contributed by atoms with van der Waals surface area (Å²) >= 11 is 0. The molecule has 1 aliphatic carbocycles. The van der Waals surface area contributed by atoms with Crippen LogP contribution in [0.5, 0.6) is 0 Å². The highest BCUT2D eigenvalue weighted by atomic mass is 16.5. The zero-order valence-electron chi connectivity index (χ0n) is 13.2. The number of ether oxygens (including phenoxy) is 1. The molecule has 1 amide bonds. The Hall–Kier alpha value is -0.610. The lowest BCUT2D eigenvalue weighted by molar-refractivity contribution is -0.131. The first-order chi connectivity index (χ1) is 9.65. The van der Waals surface area contributed by atoms with Crippen LogP contribution in [0.3, 0.4) is 0 Å². The summed E-state index contributed by atoms with van der Waals surface area (Å²) in [6.07, 6.45) is 9.36. The number of carbonyl (C=O) groups is 1. The zero-order valence-corrected chi connectivity index (χ0v) is 13.2. The van der Waals surface area contributed by atoms with Crippen molar-refractivity contribution in [2.24, 2.45) is 5.41 Å². The smallest absolute Gasteiger partial charge is 0.236 e. The molecule has 1 saturated carbocycles. The standard InChI is InChI=1S/C16H30N2O2/c1-17(11-12-20-2)13-15(19)18-10-9-16(14-18)7-5-3-4-6-8-16/h3-14H2,1-2H3. The van der Waals surface area contributed by atoms with Crippen LogP contribution in [-0.4, -0.2) is 62.7 Å². The van der Waals surface area contributed by atoms with Crippen molar-refractivity contribution in [2.45, 2.75) is 44.9 Å². The average Bonchev–Trinajstić information content (AvgIpc) is 2.70. The highest BCUT2D eigenvalue weighted by Gasteiger charge is 2.39. The number of rotatable bonds is 5.